The molecule has 1 heterocycles. The summed E-state index contributed by atoms with van der Waals surface area (Å²) in [5, 5.41) is 0. The second-order valence-electron chi connectivity index (χ2n) is 2.53. The van der Waals surface area contributed by atoms with E-state index >= 15 is 0 Å². The van der Waals surface area contributed by atoms with E-state index in [9.17, 15) is 13.2 Å². The number of hydrogen-bond acceptors (Lipinski definition) is 2. The molecule has 0 saturated carbocycles. The molecule has 1 aromatic rings. The third kappa shape index (κ3) is 2.80. The molecule has 0 saturated heterocycles. The summed E-state index contributed by atoms with van der Waals surface area (Å²) in [4.78, 5) is 3.70. The Hall–Kier alpha value is 0.110. The van der Waals surface area contributed by atoms with Crippen molar-refractivity contribution in [2.75, 3.05) is 0 Å². The van der Waals surface area contributed by atoms with E-state index in [1.165, 1.54) is 12.1 Å². The highest BCUT2D eigenvalue weighted by molar-refractivity contribution is 14.1. The summed E-state index contributed by atoms with van der Waals surface area (Å²) < 4.78 is 37.7. The van der Waals surface area contributed by atoms with Crippen molar-refractivity contribution in [3.8, 4) is 0 Å². The molecule has 1 atom stereocenters. The maximum atomic E-state index is 12.2. The van der Waals surface area contributed by atoms with Crippen LogP contribution in [0.5, 0.6) is 0 Å². The Balaban J connectivity index is 3.03. The fourth-order valence-electron chi connectivity index (χ4n) is 0.772. The standard InChI is InChI=1S/C7H5BrF3IN2/c8-6-3(12)1-2-4(14-6)5(13)7(9,10)11/h1-2,5H,13H2. The largest absolute Gasteiger partial charge is 0.409 e. The Morgan fingerprint density at radius 2 is 2.00 bits per heavy atom. The van der Waals surface area contributed by atoms with Crippen LogP contribution < -0.4 is 5.73 Å². The van der Waals surface area contributed by atoms with Crippen LogP contribution >= 0.6 is 38.5 Å². The second-order valence-corrected chi connectivity index (χ2v) is 4.44. The molecule has 0 aliphatic rings. The molecule has 0 fully saturated rings. The molecule has 0 spiro atoms. The Labute approximate surface area is 100 Å². The number of halogens is 5. The molecule has 0 amide bonds. The van der Waals surface area contributed by atoms with Gasteiger partial charge in [0.05, 0.1) is 5.69 Å². The Kier molecular flexibility index (Phi) is 3.75. The zero-order valence-electron chi connectivity index (χ0n) is 6.65. The predicted molar refractivity (Wildman–Crippen MR) is 57.6 cm³/mol. The van der Waals surface area contributed by atoms with Gasteiger partial charge >= 0.3 is 6.18 Å². The number of hydrogen-bond donors (Lipinski definition) is 1. The summed E-state index contributed by atoms with van der Waals surface area (Å²) in [5.74, 6) is 0. The van der Waals surface area contributed by atoms with Crippen molar-refractivity contribution in [2.24, 2.45) is 5.73 Å². The molecule has 7 heteroatoms. The van der Waals surface area contributed by atoms with Crippen molar-refractivity contribution in [1.82, 2.24) is 4.98 Å². The molecular weight excluding hydrogens is 376 g/mol. The van der Waals surface area contributed by atoms with Crippen LogP contribution in [0, 0.1) is 3.57 Å². The van der Waals surface area contributed by atoms with Gasteiger partial charge in [0.2, 0.25) is 0 Å². The molecule has 0 radical (unpaired) electrons. The average Bonchev–Trinajstić information content (AvgIpc) is 2.07. The number of rotatable bonds is 1. The minimum atomic E-state index is -4.46. The molecule has 0 aliphatic heterocycles. The molecule has 14 heavy (non-hydrogen) atoms. The van der Waals surface area contributed by atoms with Crippen molar-refractivity contribution in [3.63, 3.8) is 0 Å². The van der Waals surface area contributed by atoms with Crippen molar-refractivity contribution in [1.29, 1.82) is 0 Å². The number of pyridine rings is 1. The molecule has 0 bridgehead atoms. The van der Waals surface area contributed by atoms with E-state index in [1.54, 1.807) is 0 Å². The first-order valence-corrected chi connectivity index (χ1v) is 5.34. The van der Waals surface area contributed by atoms with Crippen molar-refractivity contribution < 1.29 is 13.2 Å². The molecule has 0 aliphatic carbocycles. The normalized spacial score (nSPS) is 14.1. The molecule has 1 aromatic heterocycles. The van der Waals surface area contributed by atoms with Crippen molar-refractivity contribution in [2.45, 2.75) is 12.2 Å². The first-order valence-electron chi connectivity index (χ1n) is 3.46. The lowest BCUT2D eigenvalue weighted by Gasteiger charge is -2.15. The molecule has 1 rings (SSSR count). The maximum Gasteiger partial charge on any atom is 0.409 e. The first-order chi connectivity index (χ1) is 6.32. The van der Waals surface area contributed by atoms with Crippen LogP contribution in [0.3, 0.4) is 0 Å². The van der Waals surface area contributed by atoms with Gasteiger partial charge in [-0.25, -0.2) is 4.98 Å². The average molecular weight is 381 g/mol. The number of nitrogens with two attached hydrogens (primary N) is 1. The lowest BCUT2D eigenvalue weighted by molar-refractivity contribution is -0.150. The van der Waals surface area contributed by atoms with Crippen LogP contribution in [0.4, 0.5) is 13.2 Å². The Morgan fingerprint density at radius 1 is 1.43 bits per heavy atom. The van der Waals surface area contributed by atoms with E-state index < -0.39 is 12.2 Å². The van der Waals surface area contributed by atoms with E-state index in [1.807, 2.05) is 22.6 Å². The fraction of sp³-hybridized carbons (Fsp3) is 0.286. The first kappa shape index (κ1) is 12.2. The van der Waals surface area contributed by atoms with E-state index in [0.29, 0.717) is 4.60 Å². The number of alkyl halides is 3. The quantitative estimate of drug-likeness (QED) is 0.601. The van der Waals surface area contributed by atoms with Crippen LogP contribution in [0.25, 0.3) is 0 Å². The summed E-state index contributed by atoms with van der Waals surface area (Å²) in [6, 6.07) is 0.763. The van der Waals surface area contributed by atoms with Gasteiger partial charge in [0.1, 0.15) is 10.6 Å². The van der Waals surface area contributed by atoms with E-state index in [-0.39, 0.29) is 5.69 Å². The zero-order valence-corrected chi connectivity index (χ0v) is 10.4. The Morgan fingerprint density at radius 3 is 2.43 bits per heavy atom. The molecular formula is C7H5BrF3IN2. The fourth-order valence-corrected chi connectivity index (χ4v) is 1.41. The van der Waals surface area contributed by atoms with Crippen LogP contribution in [-0.2, 0) is 0 Å². The lowest BCUT2D eigenvalue weighted by Crippen LogP contribution is -2.29. The Bertz CT molecular complexity index is 342. The van der Waals surface area contributed by atoms with Crippen molar-refractivity contribution in [3.05, 3.63) is 26.0 Å². The molecule has 2 nitrogen and oxygen atoms in total. The number of nitrogens with zero attached hydrogens (tertiary/aromatic N) is 1. The third-order valence-electron chi connectivity index (χ3n) is 1.50. The van der Waals surface area contributed by atoms with Gasteiger partial charge in [-0.05, 0) is 50.7 Å². The molecule has 78 valence electrons. The van der Waals surface area contributed by atoms with E-state index in [2.05, 4.69) is 20.9 Å². The smallest absolute Gasteiger partial charge is 0.315 e. The van der Waals surface area contributed by atoms with Gasteiger partial charge in [0.25, 0.3) is 0 Å². The summed E-state index contributed by atoms with van der Waals surface area (Å²) in [6.45, 7) is 0. The maximum absolute atomic E-state index is 12.2. The van der Waals surface area contributed by atoms with Crippen molar-refractivity contribution >= 4 is 38.5 Å². The van der Waals surface area contributed by atoms with Gasteiger partial charge in [0, 0.05) is 3.57 Å². The summed E-state index contributed by atoms with van der Waals surface area (Å²) in [7, 11) is 0. The molecule has 2 N–H and O–H groups in total. The highest BCUT2D eigenvalue weighted by Gasteiger charge is 2.38. The van der Waals surface area contributed by atoms with Crippen LogP contribution in [-0.4, -0.2) is 11.2 Å². The molecule has 0 aromatic carbocycles. The van der Waals surface area contributed by atoms with Gasteiger partial charge in [-0.15, -0.1) is 0 Å². The van der Waals surface area contributed by atoms with Gasteiger partial charge in [-0.1, -0.05) is 0 Å². The minimum Gasteiger partial charge on any atom is -0.315 e. The van der Waals surface area contributed by atoms with E-state index in [4.69, 9.17) is 5.73 Å². The van der Waals surface area contributed by atoms with E-state index in [0.717, 1.165) is 3.57 Å². The van der Waals surface area contributed by atoms with Gasteiger partial charge in [-0.3, -0.25) is 0 Å². The van der Waals surface area contributed by atoms with Gasteiger partial charge in [-0.2, -0.15) is 13.2 Å². The molecule has 1 unspecified atom stereocenters. The van der Waals surface area contributed by atoms with Crippen LogP contribution in [0.1, 0.15) is 11.7 Å². The summed E-state index contributed by atoms with van der Waals surface area (Å²) in [5.41, 5.74) is 4.79. The highest BCUT2D eigenvalue weighted by Crippen LogP contribution is 2.30. The summed E-state index contributed by atoms with van der Waals surface area (Å²) >= 11 is 4.99. The second kappa shape index (κ2) is 4.31. The van der Waals surface area contributed by atoms with Gasteiger partial charge < -0.3 is 5.73 Å². The topological polar surface area (TPSA) is 38.9 Å². The summed E-state index contributed by atoms with van der Waals surface area (Å²) in [6.07, 6.45) is -4.46. The van der Waals surface area contributed by atoms with Gasteiger partial charge in [0.15, 0.2) is 0 Å². The lowest BCUT2D eigenvalue weighted by atomic mass is 10.2. The van der Waals surface area contributed by atoms with Crippen LogP contribution in [0.15, 0.2) is 16.7 Å². The number of aromatic nitrogens is 1. The third-order valence-corrected chi connectivity index (χ3v) is 3.71. The van der Waals surface area contributed by atoms with Crippen LogP contribution in [0.2, 0.25) is 0 Å². The minimum absolute atomic E-state index is 0.190. The highest BCUT2D eigenvalue weighted by atomic mass is 127. The SMILES string of the molecule is NC(c1ccc(I)c(Br)n1)C(F)(F)F. The zero-order chi connectivity index (χ0) is 10.9. The monoisotopic (exact) mass is 380 g/mol. The predicted octanol–water partition coefficient (Wildman–Crippen LogP) is 3.01.